The molecule has 0 amide bonds. The number of benzene rings is 1. The van der Waals surface area contributed by atoms with Crippen molar-refractivity contribution in [2.45, 2.75) is 19.9 Å². The Bertz CT molecular complexity index is 370. The maximum absolute atomic E-state index is 13.5. The second-order valence-corrected chi connectivity index (χ2v) is 4.11. The molecule has 1 unspecified atom stereocenters. The number of nitrogens with one attached hydrogen (secondary N) is 1. The monoisotopic (exact) mass is 227 g/mol. The summed E-state index contributed by atoms with van der Waals surface area (Å²) < 4.78 is 13.5. The zero-order valence-corrected chi connectivity index (χ0v) is 9.90. The van der Waals surface area contributed by atoms with Crippen LogP contribution < -0.4 is 5.32 Å². The zero-order chi connectivity index (χ0) is 11.4. The lowest BCUT2D eigenvalue weighted by molar-refractivity contribution is 0.581. The van der Waals surface area contributed by atoms with Gasteiger partial charge in [-0.05, 0) is 39.1 Å². The Kier molecular flexibility index (Phi) is 4.30. The molecule has 1 rings (SSSR count). The van der Waals surface area contributed by atoms with Crippen LogP contribution in [0.1, 0.15) is 25.5 Å². The second kappa shape index (κ2) is 5.29. The third-order valence-electron chi connectivity index (χ3n) is 2.10. The average molecular weight is 228 g/mol. The zero-order valence-electron chi connectivity index (χ0n) is 9.14. The Hall–Kier alpha value is -0.860. The third kappa shape index (κ3) is 3.33. The van der Waals surface area contributed by atoms with Gasteiger partial charge < -0.3 is 5.32 Å². The van der Waals surface area contributed by atoms with Crippen molar-refractivity contribution in [3.63, 3.8) is 0 Å². The SMILES string of the molecule is CNC(C=C(C)C)c1cc(Cl)ccc1F. The number of halogens is 2. The molecule has 1 nitrogen and oxygen atoms in total. The van der Waals surface area contributed by atoms with Crippen LogP contribution in [0.4, 0.5) is 4.39 Å². The van der Waals surface area contributed by atoms with E-state index in [1.165, 1.54) is 6.07 Å². The van der Waals surface area contributed by atoms with Gasteiger partial charge in [-0.15, -0.1) is 0 Å². The molecule has 0 spiro atoms. The first kappa shape index (κ1) is 12.2. The van der Waals surface area contributed by atoms with Crippen LogP contribution in [-0.2, 0) is 0 Å². The summed E-state index contributed by atoms with van der Waals surface area (Å²) in [5.41, 5.74) is 1.71. The maximum Gasteiger partial charge on any atom is 0.128 e. The molecule has 0 saturated carbocycles. The molecule has 0 aliphatic carbocycles. The number of hydrogen-bond acceptors (Lipinski definition) is 1. The van der Waals surface area contributed by atoms with Crippen molar-refractivity contribution in [2.75, 3.05) is 7.05 Å². The number of hydrogen-bond donors (Lipinski definition) is 1. The molecular formula is C12H15ClFN. The molecule has 0 fully saturated rings. The molecule has 0 aliphatic rings. The van der Waals surface area contributed by atoms with Gasteiger partial charge in [0.05, 0.1) is 6.04 Å². The first-order valence-corrected chi connectivity index (χ1v) is 5.19. The molecule has 0 aromatic heterocycles. The van der Waals surface area contributed by atoms with E-state index in [9.17, 15) is 4.39 Å². The van der Waals surface area contributed by atoms with E-state index in [0.29, 0.717) is 10.6 Å². The highest BCUT2D eigenvalue weighted by Gasteiger charge is 2.11. The van der Waals surface area contributed by atoms with Crippen molar-refractivity contribution in [3.8, 4) is 0 Å². The number of likely N-dealkylation sites (N-methyl/N-ethyl adjacent to an activating group) is 1. The molecule has 0 saturated heterocycles. The fourth-order valence-corrected chi connectivity index (χ4v) is 1.60. The van der Waals surface area contributed by atoms with Crippen LogP contribution in [0.3, 0.4) is 0 Å². The molecule has 82 valence electrons. The Morgan fingerprint density at radius 1 is 1.47 bits per heavy atom. The summed E-state index contributed by atoms with van der Waals surface area (Å²) >= 11 is 5.84. The number of rotatable bonds is 3. The van der Waals surface area contributed by atoms with Crippen LogP contribution in [0.25, 0.3) is 0 Å². The molecule has 1 N–H and O–H groups in total. The first-order chi connectivity index (χ1) is 7.04. The van der Waals surface area contributed by atoms with Gasteiger partial charge in [0, 0.05) is 10.6 Å². The van der Waals surface area contributed by atoms with Crippen LogP contribution in [0.2, 0.25) is 5.02 Å². The third-order valence-corrected chi connectivity index (χ3v) is 2.34. The van der Waals surface area contributed by atoms with E-state index in [-0.39, 0.29) is 11.9 Å². The maximum atomic E-state index is 13.5. The molecule has 1 atom stereocenters. The molecule has 1 aromatic carbocycles. The van der Waals surface area contributed by atoms with Gasteiger partial charge in [-0.1, -0.05) is 23.3 Å². The standard InChI is InChI=1S/C12H15ClFN/c1-8(2)6-12(15-3)10-7-9(13)4-5-11(10)14/h4-7,12,15H,1-3H3. The molecule has 0 bridgehead atoms. The van der Waals surface area contributed by atoms with E-state index in [1.807, 2.05) is 19.9 Å². The molecule has 1 aromatic rings. The Morgan fingerprint density at radius 2 is 2.13 bits per heavy atom. The lowest BCUT2D eigenvalue weighted by Crippen LogP contribution is -2.15. The van der Waals surface area contributed by atoms with Gasteiger partial charge >= 0.3 is 0 Å². The van der Waals surface area contributed by atoms with Crippen molar-refractivity contribution in [1.29, 1.82) is 0 Å². The van der Waals surface area contributed by atoms with E-state index in [4.69, 9.17) is 11.6 Å². The van der Waals surface area contributed by atoms with Crippen molar-refractivity contribution < 1.29 is 4.39 Å². The molecule has 15 heavy (non-hydrogen) atoms. The van der Waals surface area contributed by atoms with Gasteiger partial charge in [0.2, 0.25) is 0 Å². The highest BCUT2D eigenvalue weighted by molar-refractivity contribution is 6.30. The van der Waals surface area contributed by atoms with E-state index in [0.717, 1.165) is 5.57 Å². The second-order valence-electron chi connectivity index (χ2n) is 3.68. The summed E-state index contributed by atoms with van der Waals surface area (Å²) in [6.45, 7) is 3.96. The lowest BCUT2D eigenvalue weighted by Gasteiger charge is -2.14. The predicted octanol–water partition coefficient (Wildman–Crippen LogP) is 3.71. The van der Waals surface area contributed by atoms with Crippen molar-refractivity contribution in [1.82, 2.24) is 5.32 Å². The van der Waals surface area contributed by atoms with Gasteiger partial charge in [0.15, 0.2) is 0 Å². The van der Waals surface area contributed by atoms with Crippen LogP contribution >= 0.6 is 11.6 Å². The van der Waals surface area contributed by atoms with E-state index in [1.54, 1.807) is 19.2 Å². The molecule has 0 aliphatic heterocycles. The minimum atomic E-state index is -0.240. The molecule has 0 heterocycles. The first-order valence-electron chi connectivity index (χ1n) is 4.82. The van der Waals surface area contributed by atoms with Crippen molar-refractivity contribution in [2.24, 2.45) is 0 Å². The topological polar surface area (TPSA) is 12.0 Å². The summed E-state index contributed by atoms with van der Waals surface area (Å²) in [6, 6.07) is 4.46. The van der Waals surface area contributed by atoms with Crippen molar-refractivity contribution in [3.05, 3.63) is 46.3 Å². The largest absolute Gasteiger partial charge is 0.310 e. The van der Waals surface area contributed by atoms with Gasteiger partial charge in [0.25, 0.3) is 0 Å². The summed E-state index contributed by atoms with van der Waals surface area (Å²) in [7, 11) is 1.80. The summed E-state index contributed by atoms with van der Waals surface area (Å²) in [6.07, 6.45) is 1.97. The van der Waals surface area contributed by atoms with Gasteiger partial charge in [0.1, 0.15) is 5.82 Å². The van der Waals surface area contributed by atoms with Crippen LogP contribution in [-0.4, -0.2) is 7.05 Å². The lowest BCUT2D eigenvalue weighted by atomic mass is 10.0. The highest BCUT2D eigenvalue weighted by Crippen LogP contribution is 2.22. The average Bonchev–Trinajstić information content (AvgIpc) is 2.18. The smallest absolute Gasteiger partial charge is 0.128 e. The normalized spacial score (nSPS) is 12.3. The number of allylic oxidation sites excluding steroid dienone is 1. The van der Waals surface area contributed by atoms with Gasteiger partial charge in [-0.2, -0.15) is 0 Å². The minimum absolute atomic E-state index is 0.131. The van der Waals surface area contributed by atoms with Gasteiger partial charge in [-0.3, -0.25) is 0 Å². The Labute approximate surface area is 95.0 Å². The highest BCUT2D eigenvalue weighted by atomic mass is 35.5. The van der Waals surface area contributed by atoms with E-state index >= 15 is 0 Å². The van der Waals surface area contributed by atoms with Crippen LogP contribution in [0.5, 0.6) is 0 Å². The van der Waals surface area contributed by atoms with E-state index < -0.39 is 0 Å². The molecule has 0 radical (unpaired) electrons. The minimum Gasteiger partial charge on any atom is -0.310 e. The summed E-state index contributed by atoms with van der Waals surface area (Å²) in [4.78, 5) is 0. The molecule has 3 heteroatoms. The Balaban J connectivity index is 3.11. The summed E-state index contributed by atoms with van der Waals surface area (Å²) in [5, 5.41) is 3.59. The van der Waals surface area contributed by atoms with Crippen LogP contribution in [0, 0.1) is 5.82 Å². The Morgan fingerprint density at radius 3 is 2.67 bits per heavy atom. The fraction of sp³-hybridized carbons (Fsp3) is 0.333. The quantitative estimate of drug-likeness (QED) is 0.777. The predicted molar refractivity (Wildman–Crippen MR) is 62.6 cm³/mol. The van der Waals surface area contributed by atoms with Crippen LogP contribution in [0.15, 0.2) is 29.8 Å². The van der Waals surface area contributed by atoms with Crippen molar-refractivity contribution >= 4 is 11.6 Å². The molecular weight excluding hydrogens is 213 g/mol. The van der Waals surface area contributed by atoms with Gasteiger partial charge in [-0.25, -0.2) is 4.39 Å². The van der Waals surface area contributed by atoms with E-state index in [2.05, 4.69) is 5.32 Å². The summed E-state index contributed by atoms with van der Waals surface area (Å²) in [5.74, 6) is -0.240. The fourth-order valence-electron chi connectivity index (χ4n) is 1.41.